The first-order valence-corrected chi connectivity index (χ1v) is 14.2. The van der Waals surface area contributed by atoms with E-state index in [1.807, 2.05) is 28.8 Å². The SMILES string of the molecule is O=C(O)C=Cc1ccc(-c2nc3c(=O)n(CC4CC5CCC4C5)c(=O)n(CC4CC5CCC4C5)c3[nH]2)cc1. The highest BCUT2D eigenvalue weighted by Crippen LogP contribution is 2.49. The predicted molar refractivity (Wildman–Crippen MR) is 145 cm³/mol. The van der Waals surface area contributed by atoms with Crippen LogP contribution in [0, 0.1) is 35.5 Å². The minimum atomic E-state index is -0.999. The fourth-order valence-electron chi connectivity index (χ4n) is 8.22. The Kier molecular flexibility index (Phi) is 5.67. The third-order valence-corrected chi connectivity index (χ3v) is 10.1. The molecule has 1 aromatic carbocycles. The van der Waals surface area contributed by atoms with Crippen molar-refractivity contribution in [3.8, 4) is 11.4 Å². The monoisotopic (exact) mass is 514 g/mol. The van der Waals surface area contributed by atoms with E-state index in [-0.39, 0.29) is 11.2 Å². The van der Waals surface area contributed by atoms with Crippen molar-refractivity contribution in [2.75, 3.05) is 0 Å². The van der Waals surface area contributed by atoms with Gasteiger partial charge in [0.2, 0.25) is 0 Å². The third kappa shape index (κ3) is 4.05. The van der Waals surface area contributed by atoms with Gasteiger partial charge in [-0.05, 0) is 85.7 Å². The molecule has 0 amide bonds. The van der Waals surface area contributed by atoms with Crippen LogP contribution in [0.4, 0.5) is 0 Å². The van der Waals surface area contributed by atoms with Gasteiger partial charge in [-0.15, -0.1) is 0 Å². The van der Waals surface area contributed by atoms with Crippen molar-refractivity contribution in [3.05, 3.63) is 56.7 Å². The zero-order chi connectivity index (χ0) is 26.0. The lowest BCUT2D eigenvalue weighted by Crippen LogP contribution is -2.43. The molecule has 8 heteroatoms. The first-order valence-electron chi connectivity index (χ1n) is 14.2. The first-order chi connectivity index (χ1) is 18.4. The Morgan fingerprint density at radius 2 is 1.55 bits per heavy atom. The summed E-state index contributed by atoms with van der Waals surface area (Å²) >= 11 is 0. The number of fused-ring (bicyclic) bond motifs is 5. The van der Waals surface area contributed by atoms with E-state index < -0.39 is 5.97 Å². The van der Waals surface area contributed by atoms with Crippen LogP contribution >= 0.6 is 0 Å². The van der Waals surface area contributed by atoms with Crippen LogP contribution in [0.15, 0.2) is 39.9 Å². The van der Waals surface area contributed by atoms with Gasteiger partial charge in [-0.2, -0.15) is 0 Å². The van der Waals surface area contributed by atoms with Gasteiger partial charge in [0.25, 0.3) is 5.56 Å². The molecule has 8 nitrogen and oxygen atoms in total. The molecule has 4 aliphatic rings. The lowest BCUT2D eigenvalue weighted by Gasteiger charge is -2.25. The number of carboxylic acids is 1. The van der Waals surface area contributed by atoms with Gasteiger partial charge in [0.1, 0.15) is 11.5 Å². The molecule has 4 aliphatic carbocycles. The van der Waals surface area contributed by atoms with Crippen LogP contribution in [0.2, 0.25) is 0 Å². The summed E-state index contributed by atoms with van der Waals surface area (Å²) in [6.07, 6.45) is 12.5. The van der Waals surface area contributed by atoms with Gasteiger partial charge in [-0.1, -0.05) is 37.1 Å². The molecule has 4 bridgehead atoms. The minimum absolute atomic E-state index is 0.197. The number of H-pyrrole nitrogens is 1. The molecular formula is C30H34N4O4. The maximum atomic E-state index is 13.9. The molecule has 4 fully saturated rings. The summed E-state index contributed by atoms with van der Waals surface area (Å²) in [5.41, 5.74) is 1.91. The van der Waals surface area contributed by atoms with E-state index in [2.05, 4.69) is 4.98 Å². The standard InChI is InChI=1S/C30H34N4O4/c35-25(36)10-5-17-1-6-20(7-2-17)27-31-26-28(32-27)33(15-23-13-18-3-8-21(23)11-18)30(38)34(29(26)37)16-24-14-19-4-9-22(24)12-19/h1-2,5-7,10,18-19,21-24H,3-4,8-9,11-16H2,(H,31,32)(H,35,36). The van der Waals surface area contributed by atoms with Crippen molar-refractivity contribution in [1.82, 2.24) is 19.1 Å². The Morgan fingerprint density at radius 3 is 2.11 bits per heavy atom. The highest BCUT2D eigenvalue weighted by molar-refractivity contribution is 5.85. The Balaban J connectivity index is 1.29. The van der Waals surface area contributed by atoms with Crippen LogP contribution in [-0.2, 0) is 17.9 Å². The molecule has 0 radical (unpaired) electrons. The van der Waals surface area contributed by atoms with E-state index in [4.69, 9.17) is 10.1 Å². The van der Waals surface area contributed by atoms with Crippen LogP contribution in [0.5, 0.6) is 0 Å². The minimum Gasteiger partial charge on any atom is -0.478 e. The van der Waals surface area contributed by atoms with Crippen molar-refractivity contribution in [2.24, 2.45) is 35.5 Å². The fraction of sp³-hybridized carbons (Fsp3) is 0.533. The number of hydrogen-bond donors (Lipinski definition) is 2. The molecule has 6 atom stereocenters. The molecule has 2 heterocycles. The van der Waals surface area contributed by atoms with E-state index in [9.17, 15) is 14.4 Å². The van der Waals surface area contributed by atoms with Gasteiger partial charge in [0.05, 0.1) is 0 Å². The maximum absolute atomic E-state index is 13.9. The van der Waals surface area contributed by atoms with E-state index in [1.165, 1.54) is 49.2 Å². The van der Waals surface area contributed by atoms with Crippen LogP contribution in [0.3, 0.4) is 0 Å². The van der Waals surface area contributed by atoms with Crippen molar-refractivity contribution in [2.45, 2.75) is 64.5 Å². The average Bonchev–Trinajstić information content (AvgIpc) is 3.75. The highest BCUT2D eigenvalue weighted by atomic mass is 16.4. The van der Waals surface area contributed by atoms with Gasteiger partial charge < -0.3 is 10.1 Å². The number of aromatic amines is 1. The quantitative estimate of drug-likeness (QED) is 0.451. The molecule has 7 rings (SSSR count). The smallest absolute Gasteiger partial charge is 0.332 e. The van der Waals surface area contributed by atoms with Crippen LogP contribution in [0.25, 0.3) is 28.6 Å². The van der Waals surface area contributed by atoms with Gasteiger partial charge in [0, 0.05) is 24.7 Å². The number of rotatable bonds is 7. The lowest BCUT2D eigenvalue weighted by atomic mass is 9.88. The highest BCUT2D eigenvalue weighted by Gasteiger charge is 2.41. The summed E-state index contributed by atoms with van der Waals surface area (Å²) in [5.74, 6) is 3.25. The van der Waals surface area contributed by atoms with Crippen LogP contribution in [0.1, 0.15) is 56.9 Å². The van der Waals surface area contributed by atoms with E-state index in [0.717, 1.165) is 41.9 Å². The summed E-state index contributed by atoms with van der Waals surface area (Å²) in [5, 5.41) is 8.88. The molecule has 3 aromatic rings. The summed E-state index contributed by atoms with van der Waals surface area (Å²) in [6.45, 7) is 1.13. The van der Waals surface area contributed by atoms with E-state index in [0.29, 0.717) is 53.7 Å². The lowest BCUT2D eigenvalue weighted by molar-refractivity contribution is -0.131. The number of nitrogens with one attached hydrogen (secondary N) is 1. The Bertz CT molecular complexity index is 1550. The van der Waals surface area contributed by atoms with Crippen molar-refractivity contribution >= 4 is 23.2 Å². The van der Waals surface area contributed by atoms with Crippen molar-refractivity contribution in [3.63, 3.8) is 0 Å². The first kappa shape index (κ1) is 23.7. The summed E-state index contributed by atoms with van der Waals surface area (Å²) in [4.78, 5) is 46.5. The number of carboxylic acid groups (broad SMARTS) is 1. The van der Waals surface area contributed by atoms with Crippen molar-refractivity contribution in [1.29, 1.82) is 0 Å². The molecular weight excluding hydrogens is 480 g/mol. The molecule has 4 saturated carbocycles. The summed E-state index contributed by atoms with van der Waals surface area (Å²) in [6, 6.07) is 7.34. The number of hydrogen-bond acceptors (Lipinski definition) is 4. The number of aliphatic carboxylic acids is 1. The molecule has 6 unspecified atom stereocenters. The molecule has 38 heavy (non-hydrogen) atoms. The maximum Gasteiger partial charge on any atom is 0.332 e. The van der Waals surface area contributed by atoms with Crippen LogP contribution in [-0.4, -0.2) is 30.2 Å². The van der Waals surface area contributed by atoms with E-state index >= 15 is 0 Å². The Morgan fingerprint density at radius 1 is 0.921 bits per heavy atom. The van der Waals surface area contributed by atoms with E-state index in [1.54, 1.807) is 0 Å². The average molecular weight is 515 g/mol. The van der Waals surface area contributed by atoms with Gasteiger partial charge >= 0.3 is 11.7 Å². The predicted octanol–water partition coefficient (Wildman–Crippen LogP) is 4.52. The number of imidazole rings is 1. The second kappa shape index (κ2) is 9.10. The Labute approximate surface area is 220 Å². The molecule has 0 spiro atoms. The van der Waals surface area contributed by atoms with Crippen molar-refractivity contribution < 1.29 is 9.90 Å². The second-order valence-corrected chi connectivity index (χ2v) is 12.3. The fourth-order valence-corrected chi connectivity index (χ4v) is 8.22. The number of nitrogens with zero attached hydrogens (tertiary/aromatic N) is 3. The topological polar surface area (TPSA) is 110 Å². The van der Waals surface area contributed by atoms with Gasteiger partial charge in [0.15, 0.2) is 5.52 Å². The second-order valence-electron chi connectivity index (χ2n) is 12.3. The normalized spacial score (nSPS) is 29.8. The largest absolute Gasteiger partial charge is 0.478 e. The van der Waals surface area contributed by atoms with Crippen LogP contribution < -0.4 is 11.2 Å². The molecule has 2 N–H and O–H groups in total. The third-order valence-electron chi connectivity index (χ3n) is 10.1. The van der Waals surface area contributed by atoms with Gasteiger partial charge in [-0.3, -0.25) is 13.9 Å². The molecule has 2 aromatic heterocycles. The molecule has 0 saturated heterocycles. The zero-order valence-corrected chi connectivity index (χ0v) is 21.5. The summed E-state index contributed by atoms with van der Waals surface area (Å²) < 4.78 is 3.31. The van der Waals surface area contributed by atoms with Gasteiger partial charge in [-0.25, -0.2) is 14.6 Å². The molecule has 198 valence electrons. The number of carbonyl (C=O) groups is 1. The summed E-state index contributed by atoms with van der Waals surface area (Å²) in [7, 11) is 0. The number of benzene rings is 1. The molecule has 0 aliphatic heterocycles. The Hall–Kier alpha value is -3.42. The number of aromatic nitrogens is 4. The zero-order valence-electron chi connectivity index (χ0n) is 21.5.